The zero-order valence-corrected chi connectivity index (χ0v) is 16.3. The van der Waals surface area contributed by atoms with Gasteiger partial charge >= 0.3 is 6.01 Å². The average molecular weight is 418 g/mol. The van der Waals surface area contributed by atoms with Crippen LogP contribution in [-0.2, 0) is 16.6 Å². The maximum absolute atomic E-state index is 12.5. The summed E-state index contributed by atoms with van der Waals surface area (Å²) in [7, 11) is -2.44. The van der Waals surface area contributed by atoms with Gasteiger partial charge in [0.1, 0.15) is 4.90 Å². The number of hydrogen-bond acceptors (Lipinski definition) is 7. The molecule has 1 aliphatic heterocycles. The molecule has 0 saturated carbocycles. The van der Waals surface area contributed by atoms with Crippen molar-refractivity contribution < 1.29 is 13.2 Å². The largest absolute Gasteiger partial charge is 0.467 e. The smallest absolute Gasteiger partial charge is 0.321 e. The summed E-state index contributed by atoms with van der Waals surface area (Å²) in [6.07, 6.45) is 2.12. The molecule has 1 aromatic heterocycles. The van der Waals surface area contributed by atoms with Gasteiger partial charge in [-0.15, -0.1) is 0 Å². The number of aromatic nitrogens is 3. The van der Waals surface area contributed by atoms with Crippen LogP contribution in [0.15, 0.2) is 23.1 Å². The van der Waals surface area contributed by atoms with Gasteiger partial charge in [-0.25, -0.2) is 13.1 Å². The molecule has 0 bridgehead atoms. The van der Waals surface area contributed by atoms with Crippen LogP contribution in [-0.4, -0.2) is 43.6 Å². The molecule has 8 nitrogen and oxygen atoms in total. The number of hydrogen-bond donors (Lipinski definition) is 1. The fraction of sp³-hybridized carbons (Fsp3) is 0.400. The van der Waals surface area contributed by atoms with Crippen LogP contribution in [0.1, 0.15) is 18.7 Å². The van der Waals surface area contributed by atoms with Crippen LogP contribution >= 0.6 is 23.2 Å². The highest BCUT2D eigenvalue weighted by atomic mass is 35.5. The molecule has 1 aromatic carbocycles. The van der Waals surface area contributed by atoms with E-state index >= 15 is 0 Å². The predicted octanol–water partition coefficient (Wildman–Crippen LogP) is 2.27. The van der Waals surface area contributed by atoms with E-state index in [9.17, 15) is 8.42 Å². The van der Waals surface area contributed by atoms with Gasteiger partial charge in [-0.1, -0.05) is 23.2 Å². The van der Waals surface area contributed by atoms with Crippen molar-refractivity contribution in [3.8, 4) is 6.01 Å². The fourth-order valence-corrected chi connectivity index (χ4v) is 4.28. The number of nitrogens with one attached hydrogen (secondary N) is 1. The third kappa shape index (κ3) is 4.35. The van der Waals surface area contributed by atoms with Crippen LogP contribution in [0.4, 0.5) is 5.95 Å². The molecular weight excluding hydrogens is 401 g/mol. The Kier molecular flexibility index (Phi) is 5.81. The first-order chi connectivity index (χ1) is 12.4. The normalized spacial score (nSPS) is 14.7. The van der Waals surface area contributed by atoms with E-state index in [4.69, 9.17) is 27.9 Å². The third-order valence-electron chi connectivity index (χ3n) is 3.82. The highest BCUT2D eigenvalue weighted by Gasteiger charge is 2.21. The Labute approximate surface area is 161 Å². The summed E-state index contributed by atoms with van der Waals surface area (Å²) in [4.78, 5) is 14.6. The summed E-state index contributed by atoms with van der Waals surface area (Å²) in [5.41, 5.74) is 0. The van der Waals surface area contributed by atoms with Gasteiger partial charge in [-0.05, 0) is 31.0 Å². The van der Waals surface area contributed by atoms with Gasteiger partial charge in [0.15, 0.2) is 5.82 Å². The van der Waals surface area contributed by atoms with Gasteiger partial charge < -0.3 is 9.64 Å². The van der Waals surface area contributed by atoms with Gasteiger partial charge in [0.25, 0.3) is 0 Å². The molecule has 1 aliphatic rings. The van der Waals surface area contributed by atoms with Crippen molar-refractivity contribution in [2.24, 2.45) is 0 Å². The van der Waals surface area contributed by atoms with Gasteiger partial charge in [0.05, 0.1) is 18.7 Å². The number of anilines is 1. The van der Waals surface area contributed by atoms with E-state index in [1.165, 1.54) is 25.3 Å². The lowest BCUT2D eigenvalue weighted by molar-refractivity contribution is 0.375. The van der Waals surface area contributed by atoms with Gasteiger partial charge in [-0.3, -0.25) is 0 Å². The molecule has 2 aromatic rings. The molecule has 0 atom stereocenters. The molecule has 11 heteroatoms. The molecule has 2 heterocycles. The minimum atomic E-state index is -3.88. The van der Waals surface area contributed by atoms with E-state index in [-0.39, 0.29) is 33.3 Å². The van der Waals surface area contributed by atoms with Crippen LogP contribution in [0.3, 0.4) is 0 Å². The standard InChI is InChI=1S/C15H17Cl2N5O3S/c1-25-15-20-13(19-14(21-15)22-6-2-3-7-22)9-18-26(23,24)12-8-10(16)4-5-11(12)17/h4-5,8,18H,2-3,6-7,9H2,1H3. The van der Waals surface area contributed by atoms with Crippen molar-refractivity contribution in [3.05, 3.63) is 34.1 Å². The molecule has 140 valence electrons. The number of nitrogens with zero attached hydrogens (tertiary/aromatic N) is 4. The topological polar surface area (TPSA) is 97.3 Å². The number of rotatable bonds is 6. The number of halogens is 2. The Morgan fingerprint density at radius 2 is 1.92 bits per heavy atom. The molecular formula is C15H17Cl2N5O3S. The highest BCUT2D eigenvalue weighted by molar-refractivity contribution is 7.89. The second kappa shape index (κ2) is 7.91. The van der Waals surface area contributed by atoms with E-state index < -0.39 is 10.0 Å². The first-order valence-corrected chi connectivity index (χ1v) is 10.1. The zero-order valence-electron chi connectivity index (χ0n) is 13.9. The summed E-state index contributed by atoms with van der Waals surface area (Å²) in [5.74, 6) is 0.727. The van der Waals surface area contributed by atoms with Crippen LogP contribution in [0.25, 0.3) is 0 Å². The van der Waals surface area contributed by atoms with Crippen molar-refractivity contribution in [2.75, 3.05) is 25.1 Å². The first-order valence-electron chi connectivity index (χ1n) is 7.87. The number of benzene rings is 1. The zero-order chi connectivity index (χ0) is 18.7. The SMILES string of the molecule is COc1nc(CNS(=O)(=O)c2cc(Cl)ccc2Cl)nc(N2CCCC2)n1. The predicted molar refractivity (Wildman–Crippen MR) is 98.3 cm³/mol. The molecule has 26 heavy (non-hydrogen) atoms. The summed E-state index contributed by atoms with van der Waals surface area (Å²) < 4.78 is 32.5. The molecule has 0 aliphatic carbocycles. The second-order valence-electron chi connectivity index (χ2n) is 5.63. The second-order valence-corrected chi connectivity index (χ2v) is 8.21. The summed E-state index contributed by atoms with van der Waals surface area (Å²) in [6.45, 7) is 1.55. The summed E-state index contributed by atoms with van der Waals surface area (Å²) in [6, 6.07) is 4.37. The minimum Gasteiger partial charge on any atom is -0.467 e. The maximum Gasteiger partial charge on any atom is 0.321 e. The Morgan fingerprint density at radius 1 is 1.19 bits per heavy atom. The molecule has 1 saturated heterocycles. The first kappa shape index (κ1) is 19.1. The number of ether oxygens (including phenoxy) is 1. The number of sulfonamides is 1. The fourth-order valence-electron chi connectivity index (χ4n) is 2.54. The van der Waals surface area contributed by atoms with Crippen LogP contribution < -0.4 is 14.4 Å². The van der Waals surface area contributed by atoms with E-state index in [1.54, 1.807) is 0 Å². The molecule has 0 spiro atoms. The lowest BCUT2D eigenvalue weighted by Crippen LogP contribution is -2.26. The quantitative estimate of drug-likeness (QED) is 0.769. The van der Waals surface area contributed by atoms with Crippen molar-refractivity contribution in [3.63, 3.8) is 0 Å². The van der Waals surface area contributed by atoms with Crippen molar-refractivity contribution in [1.82, 2.24) is 19.7 Å². The van der Waals surface area contributed by atoms with E-state index in [2.05, 4.69) is 19.7 Å². The van der Waals surface area contributed by atoms with E-state index in [1.807, 2.05) is 4.90 Å². The number of methoxy groups -OCH3 is 1. The Morgan fingerprint density at radius 3 is 2.62 bits per heavy atom. The summed E-state index contributed by atoms with van der Waals surface area (Å²) >= 11 is 11.8. The Bertz CT molecular complexity index is 904. The van der Waals surface area contributed by atoms with E-state index in [0.717, 1.165) is 25.9 Å². The minimum absolute atomic E-state index is 0.0767. The lowest BCUT2D eigenvalue weighted by atomic mass is 10.4. The molecule has 1 N–H and O–H groups in total. The maximum atomic E-state index is 12.5. The van der Waals surface area contributed by atoms with Crippen LogP contribution in [0.5, 0.6) is 6.01 Å². The summed E-state index contributed by atoms with van der Waals surface area (Å²) in [5, 5.41) is 0.348. The van der Waals surface area contributed by atoms with Crippen LogP contribution in [0.2, 0.25) is 10.0 Å². The van der Waals surface area contributed by atoms with Gasteiger partial charge in [0, 0.05) is 18.1 Å². The van der Waals surface area contributed by atoms with Crippen molar-refractivity contribution >= 4 is 39.2 Å². The Balaban J connectivity index is 1.82. The van der Waals surface area contributed by atoms with Gasteiger partial charge in [-0.2, -0.15) is 15.0 Å². The Hall–Kier alpha value is -1.68. The van der Waals surface area contributed by atoms with E-state index in [0.29, 0.717) is 5.95 Å². The van der Waals surface area contributed by atoms with Gasteiger partial charge in [0.2, 0.25) is 16.0 Å². The highest BCUT2D eigenvalue weighted by Crippen LogP contribution is 2.25. The van der Waals surface area contributed by atoms with Crippen LogP contribution in [0, 0.1) is 0 Å². The molecule has 0 radical (unpaired) electrons. The lowest BCUT2D eigenvalue weighted by Gasteiger charge is -2.16. The third-order valence-corrected chi connectivity index (χ3v) is 5.94. The molecule has 1 fully saturated rings. The molecule has 0 amide bonds. The molecule has 3 rings (SSSR count). The monoisotopic (exact) mass is 417 g/mol. The molecule has 0 unspecified atom stereocenters. The average Bonchev–Trinajstić information content (AvgIpc) is 3.16. The van der Waals surface area contributed by atoms with Crippen molar-refractivity contribution in [2.45, 2.75) is 24.3 Å². The van der Waals surface area contributed by atoms with Crippen molar-refractivity contribution in [1.29, 1.82) is 0 Å².